The van der Waals surface area contributed by atoms with Gasteiger partial charge in [0, 0.05) is 11.0 Å². The number of hydrogen-bond donors (Lipinski definition) is 0. The van der Waals surface area contributed by atoms with Gasteiger partial charge in [0.25, 0.3) is 0 Å². The Balaban J connectivity index is 3.19. The Kier molecular flexibility index (Phi) is 3.32. The van der Waals surface area contributed by atoms with E-state index in [-0.39, 0.29) is 5.56 Å². The summed E-state index contributed by atoms with van der Waals surface area (Å²) in [6.07, 6.45) is -4.74. The molecule has 0 atom stereocenters. The van der Waals surface area contributed by atoms with Gasteiger partial charge in [0.1, 0.15) is 5.82 Å². The van der Waals surface area contributed by atoms with Crippen LogP contribution in [-0.4, -0.2) is 5.78 Å². The van der Waals surface area contributed by atoms with Crippen molar-refractivity contribution < 1.29 is 22.4 Å². The van der Waals surface area contributed by atoms with Gasteiger partial charge < -0.3 is 0 Å². The number of hydrogen-bond acceptors (Lipinski definition) is 1. The fourth-order valence-corrected chi connectivity index (χ4v) is 1.32. The quantitative estimate of drug-likeness (QED) is 0.540. The number of Topliss-reactive ketones (excluding diaryl/α,β-unsaturated/α-hetero) is 1. The molecule has 0 aromatic heterocycles. The molecule has 0 fully saturated rings. The van der Waals surface area contributed by atoms with Gasteiger partial charge in [-0.15, -0.1) is 0 Å². The van der Waals surface area contributed by atoms with Gasteiger partial charge in [0.2, 0.25) is 0 Å². The summed E-state index contributed by atoms with van der Waals surface area (Å²) in [6.45, 7) is 4.85. The van der Waals surface area contributed by atoms with E-state index in [0.29, 0.717) is 12.1 Å². The summed E-state index contributed by atoms with van der Waals surface area (Å²) in [5.41, 5.74) is -2.17. The van der Waals surface area contributed by atoms with E-state index in [4.69, 9.17) is 0 Å². The van der Waals surface area contributed by atoms with Crippen LogP contribution in [0.15, 0.2) is 18.2 Å². The van der Waals surface area contributed by atoms with Gasteiger partial charge in [-0.05, 0) is 12.1 Å². The number of ketones is 1. The molecule has 0 unspecified atom stereocenters. The van der Waals surface area contributed by atoms with Crippen molar-refractivity contribution in [3.63, 3.8) is 0 Å². The van der Waals surface area contributed by atoms with Crippen LogP contribution in [-0.2, 0) is 6.18 Å². The van der Waals surface area contributed by atoms with Crippen molar-refractivity contribution in [2.75, 3.05) is 0 Å². The molecule has 17 heavy (non-hydrogen) atoms. The first-order valence-electron chi connectivity index (χ1n) is 4.95. The predicted molar refractivity (Wildman–Crippen MR) is 55.2 cm³/mol. The summed E-state index contributed by atoms with van der Waals surface area (Å²) in [5, 5.41) is 0. The van der Waals surface area contributed by atoms with Gasteiger partial charge in [-0.25, -0.2) is 4.39 Å². The highest BCUT2D eigenvalue weighted by Gasteiger charge is 2.34. The lowest BCUT2D eigenvalue weighted by molar-refractivity contribution is -0.140. The van der Waals surface area contributed by atoms with E-state index in [1.807, 2.05) is 0 Å². The number of carbonyl (C=O) groups is 1. The van der Waals surface area contributed by atoms with Crippen molar-refractivity contribution >= 4 is 5.78 Å². The van der Waals surface area contributed by atoms with Crippen LogP contribution in [0, 0.1) is 11.2 Å². The van der Waals surface area contributed by atoms with E-state index in [0.717, 1.165) is 6.07 Å². The van der Waals surface area contributed by atoms with E-state index in [2.05, 4.69) is 0 Å². The summed E-state index contributed by atoms with van der Waals surface area (Å²) in [5.74, 6) is -1.82. The van der Waals surface area contributed by atoms with E-state index in [1.54, 1.807) is 20.8 Å². The molecule has 0 bridgehead atoms. The molecule has 0 saturated carbocycles. The zero-order chi connectivity index (χ0) is 13.4. The summed E-state index contributed by atoms with van der Waals surface area (Å²) in [4.78, 5) is 11.7. The minimum absolute atomic E-state index is 0.0528. The minimum Gasteiger partial charge on any atom is -0.294 e. The first-order chi connectivity index (χ1) is 7.53. The molecule has 1 aromatic carbocycles. The second-order valence-corrected chi connectivity index (χ2v) is 4.77. The monoisotopic (exact) mass is 248 g/mol. The average molecular weight is 248 g/mol. The molecule has 0 amide bonds. The molecular weight excluding hydrogens is 236 g/mol. The van der Waals surface area contributed by atoms with E-state index < -0.39 is 28.8 Å². The first kappa shape index (κ1) is 13.7. The van der Waals surface area contributed by atoms with Gasteiger partial charge in [-0.2, -0.15) is 13.2 Å². The van der Waals surface area contributed by atoms with Gasteiger partial charge in [-0.3, -0.25) is 4.79 Å². The highest BCUT2D eigenvalue weighted by atomic mass is 19.4. The number of alkyl halides is 3. The number of carbonyl (C=O) groups excluding carboxylic acids is 1. The molecule has 1 aromatic rings. The van der Waals surface area contributed by atoms with Gasteiger partial charge >= 0.3 is 6.18 Å². The lowest BCUT2D eigenvalue weighted by atomic mass is 9.86. The number of rotatable bonds is 1. The lowest BCUT2D eigenvalue weighted by Gasteiger charge is -2.17. The van der Waals surface area contributed by atoms with Crippen LogP contribution in [0.2, 0.25) is 0 Å². The lowest BCUT2D eigenvalue weighted by Crippen LogP contribution is -2.21. The molecule has 1 rings (SSSR count). The number of halogens is 4. The maximum absolute atomic E-state index is 13.2. The molecule has 1 nitrogen and oxygen atoms in total. The Hall–Kier alpha value is -1.39. The molecule has 0 N–H and O–H groups in total. The van der Waals surface area contributed by atoms with Crippen LogP contribution in [0.5, 0.6) is 0 Å². The molecule has 0 aliphatic rings. The van der Waals surface area contributed by atoms with Crippen molar-refractivity contribution in [3.05, 3.63) is 35.1 Å². The van der Waals surface area contributed by atoms with Crippen LogP contribution in [0.4, 0.5) is 17.6 Å². The summed E-state index contributed by atoms with van der Waals surface area (Å²) < 4.78 is 50.1. The zero-order valence-corrected chi connectivity index (χ0v) is 9.65. The Labute approximate surface area is 96.4 Å². The summed E-state index contributed by atoms with van der Waals surface area (Å²) >= 11 is 0. The third-order valence-electron chi connectivity index (χ3n) is 2.22. The Morgan fingerprint density at radius 3 is 2.00 bits per heavy atom. The van der Waals surface area contributed by atoms with Crippen LogP contribution >= 0.6 is 0 Å². The SMILES string of the molecule is CC(C)(C)C(=O)c1ccc(C(F)(F)F)c(F)c1. The predicted octanol–water partition coefficient (Wildman–Crippen LogP) is 4.07. The van der Waals surface area contributed by atoms with E-state index in [1.165, 1.54) is 0 Å². The molecule has 0 saturated heterocycles. The molecule has 0 spiro atoms. The van der Waals surface area contributed by atoms with E-state index in [9.17, 15) is 22.4 Å². The van der Waals surface area contributed by atoms with Gasteiger partial charge in [-0.1, -0.05) is 26.8 Å². The molecule has 0 heterocycles. The third kappa shape index (κ3) is 3.05. The number of benzene rings is 1. The smallest absolute Gasteiger partial charge is 0.294 e. The fourth-order valence-electron chi connectivity index (χ4n) is 1.32. The summed E-state index contributed by atoms with van der Waals surface area (Å²) in [7, 11) is 0. The Morgan fingerprint density at radius 2 is 1.65 bits per heavy atom. The molecule has 0 aliphatic carbocycles. The standard InChI is InChI=1S/C12H12F4O/c1-11(2,3)10(17)7-4-5-8(9(13)6-7)12(14,15)16/h4-6H,1-3H3. The summed E-state index contributed by atoms with van der Waals surface area (Å²) in [6, 6.07) is 2.23. The Bertz CT molecular complexity index is 441. The van der Waals surface area contributed by atoms with Crippen molar-refractivity contribution in [2.45, 2.75) is 26.9 Å². The van der Waals surface area contributed by atoms with Crippen LogP contribution < -0.4 is 0 Å². The maximum atomic E-state index is 13.2. The first-order valence-corrected chi connectivity index (χ1v) is 4.95. The van der Waals surface area contributed by atoms with Crippen molar-refractivity contribution in [2.24, 2.45) is 5.41 Å². The topological polar surface area (TPSA) is 17.1 Å². The molecule has 5 heteroatoms. The van der Waals surface area contributed by atoms with Crippen LogP contribution in [0.25, 0.3) is 0 Å². The fraction of sp³-hybridized carbons (Fsp3) is 0.417. The Morgan fingerprint density at radius 1 is 1.12 bits per heavy atom. The maximum Gasteiger partial charge on any atom is 0.419 e. The molecule has 0 radical (unpaired) electrons. The molecule has 94 valence electrons. The van der Waals surface area contributed by atoms with E-state index >= 15 is 0 Å². The van der Waals surface area contributed by atoms with Crippen molar-refractivity contribution in [3.8, 4) is 0 Å². The molecular formula is C12H12F4O. The van der Waals surface area contributed by atoms with Gasteiger partial charge in [0.05, 0.1) is 5.56 Å². The minimum atomic E-state index is -4.74. The third-order valence-corrected chi connectivity index (χ3v) is 2.22. The second-order valence-electron chi connectivity index (χ2n) is 4.77. The normalized spacial score (nSPS) is 12.6. The second kappa shape index (κ2) is 4.13. The van der Waals surface area contributed by atoms with Crippen LogP contribution in [0.3, 0.4) is 0 Å². The van der Waals surface area contributed by atoms with Crippen molar-refractivity contribution in [1.82, 2.24) is 0 Å². The van der Waals surface area contributed by atoms with Crippen molar-refractivity contribution in [1.29, 1.82) is 0 Å². The van der Waals surface area contributed by atoms with Crippen LogP contribution in [0.1, 0.15) is 36.7 Å². The molecule has 0 aliphatic heterocycles. The zero-order valence-electron chi connectivity index (χ0n) is 9.65. The highest BCUT2D eigenvalue weighted by molar-refractivity contribution is 5.99. The highest BCUT2D eigenvalue weighted by Crippen LogP contribution is 2.32. The largest absolute Gasteiger partial charge is 0.419 e. The average Bonchev–Trinajstić information content (AvgIpc) is 2.12. The van der Waals surface area contributed by atoms with Gasteiger partial charge in [0.15, 0.2) is 5.78 Å².